The third-order valence-corrected chi connectivity index (χ3v) is 15.1. The summed E-state index contributed by atoms with van der Waals surface area (Å²) in [7, 11) is 1.94. The average molecular weight is 1160 g/mol. The number of hydrogen-bond donors (Lipinski definition) is 16. The summed E-state index contributed by atoms with van der Waals surface area (Å²) in [5, 5.41) is 30.3. The van der Waals surface area contributed by atoms with Crippen LogP contribution in [0.3, 0.4) is 0 Å². The van der Waals surface area contributed by atoms with Crippen LogP contribution in [0.4, 0.5) is 0 Å². The third kappa shape index (κ3) is 18.5. The number of para-hydroxylation sites is 1. The van der Waals surface area contributed by atoms with Crippen LogP contribution < -0.4 is 71.6 Å². The summed E-state index contributed by atoms with van der Waals surface area (Å²) in [5.74, 6) is -8.33. The minimum Gasteiger partial charge on any atom is -0.493 e. The van der Waals surface area contributed by atoms with Gasteiger partial charge in [-0.3, -0.25) is 52.9 Å². The molecule has 0 unspecified atom stereocenters. The van der Waals surface area contributed by atoms with Gasteiger partial charge in [0.25, 0.3) is 0 Å². The SMILES string of the molecule is C[C@H]1NC(=O)[C@@H](NC(=O)Cn2c(O)c(CCCN=C(N)N)[nH]c2=O)CSSC[C@@H](C(N)=O)NC(=O)[C@H](Cc2c[nH]c3ccccc23)NC(=O)[C@H](CCCN=C(N)N)NC(=O)[C@@H](Cc2ccccc2)NC(=O)[C@H](Cc2cnc[nH]2)NC1=O. The van der Waals surface area contributed by atoms with Crippen molar-refractivity contribution in [2.75, 3.05) is 24.6 Å². The van der Waals surface area contributed by atoms with E-state index >= 15 is 0 Å². The van der Waals surface area contributed by atoms with Crippen LogP contribution in [-0.2, 0) is 70.6 Å². The summed E-state index contributed by atoms with van der Waals surface area (Å²) in [6.45, 7) is 0.799. The van der Waals surface area contributed by atoms with Gasteiger partial charge in [0.05, 0.1) is 12.0 Å². The summed E-state index contributed by atoms with van der Waals surface area (Å²) < 4.78 is 0.752. The molecule has 0 saturated carbocycles. The molecule has 29 nitrogen and oxygen atoms in total. The molecule has 81 heavy (non-hydrogen) atoms. The van der Waals surface area contributed by atoms with Crippen molar-refractivity contribution >= 4 is 91.7 Å². The number of nitrogens with one attached hydrogen (secondary N) is 10. The first-order valence-electron chi connectivity index (χ1n) is 25.6. The van der Waals surface area contributed by atoms with Crippen LogP contribution >= 0.6 is 21.6 Å². The Bertz CT molecular complexity index is 3120. The molecule has 1 aliphatic rings. The molecule has 0 radical (unpaired) electrons. The Balaban J connectivity index is 1.34. The van der Waals surface area contributed by atoms with Crippen molar-refractivity contribution in [1.82, 2.24) is 61.7 Å². The van der Waals surface area contributed by atoms with Crippen LogP contribution in [0, 0.1) is 0 Å². The number of nitrogens with two attached hydrogens (primary N) is 5. The first-order valence-corrected chi connectivity index (χ1v) is 28.1. The van der Waals surface area contributed by atoms with Gasteiger partial charge in [0.1, 0.15) is 48.8 Å². The lowest BCUT2D eigenvalue weighted by Gasteiger charge is -2.27. The number of H-pyrrole nitrogens is 3. The van der Waals surface area contributed by atoms with E-state index in [1.54, 1.807) is 42.6 Å². The fourth-order valence-corrected chi connectivity index (χ4v) is 10.8. The number of guanidine groups is 2. The molecule has 1 aliphatic heterocycles. The van der Waals surface area contributed by atoms with Crippen molar-refractivity contribution < 1.29 is 43.5 Å². The first-order chi connectivity index (χ1) is 38.8. The Hall–Kier alpha value is -9.00. The van der Waals surface area contributed by atoms with Gasteiger partial charge in [0, 0.05) is 72.8 Å². The molecule has 1 fully saturated rings. The van der Waals surface area contributed by atoms with Gasteiger partial charge in [-0.2, -0.15) is 0 Å². The Kier molecular flexibility index (Phi) is 22.5. The molecule has 1 saturated heterocycles. The van der Waals surface area contributed by atoms with Crippen molar-refractivity contribution in [3.63, 3.8) is 0 Å². The number of carbonyl (C=O) groups excluding carboxylic acids is 8. The molecule has 0 aliphatic carbocycles. The predicted octanol–water partition coefficient (Wildman–Crippen LogP) is -3.63. The summed E-state index contributed by atoms with van der Waals surface area (Å²) in [6.07, 6.45) is 4.58. The number of benzene rings is 2. The Morgan fingerprint density at radius 3 is 1.99 bits per heavy atom. The quantitative estimate of drug-likeness (QED) is 0.0174. The highest BCUT2D eigenvalue weighted by atomic mass is 33.1. The molecule has 5 aromatic rings. The van der Waals surface area contributed by atoms with Gasteiger partial charge >= 0.3 is 5.69 Å². The molecule has 6 rings (SSSR count). The number of aromatic nitrogens is 5. The average Bonchev–Trinajstić information content (AvgIpc) is 4.17. The van der Waals surface area contributed by atoms with E-state index in [4.69, 9.17) is 28.7 Å². The number of aromatic amines is 3. The minimum atomic E-state index is -1.46. The number of aliphatic imine (C=N–C) groups is 2. The molecule has 3 aromatic heterocycles. The molecule has 4 heterocycles. The predicted molar refractivity (Wildman–Crippen MR) is 303 cm³/mol. The third-order valence-electron chi connectivity index (χ3n) is 12.7. The van der Waals surface area contributed by atoms with Crippen molar-refractivity contribution in [1.29, 1.82) is 0 Å². The van der Waals surface area contributed by atoms with Crippen LogP contribution in [0.5, 0.6) is 5.88 Å². The van der Waals surface area contributed by atoms with Gasteiger partial charge in [-0.15, -0.1) is 0 Å². The number of fused-ring (bicyclic) bond motifs is 1. The fraction of sp³-hybridized carbons (Fsp3) is 0.400. The van der Waals surface area contributed by atoms with Crippen LogP contribution in [0.2, 0.25) is 0 Å². The van der Waals surface area contributed by atoms with E-state index in [2.05, 4.69) is 67.1 Å². The van der Waals surface area contributed by atoms with Gasteiger partial charge in [-0.25, -0.2) is 9.78 Å². The number of hydrogen-bond acceptors (Lipinski definition) is 15. The standard InChI is InChI=1S/C50H67N19O10S2/c1-26-41(72)64-36(19-29-21-56-25-60-29)45(76)65-34(17-27-9-3-2-4-10-27)43(74)63-32(13-7-15-57-48(52)53)42(73)66-35(18-28-20-59-31-12-6-5-11-30(28)31)44(75)67-37(40(51)71)23-80-81-24-38(46(77)61-26)62-39(70)22-69-47(78)33(68-50(69)79)14-8-16-58-49(54)55/h2-6,9-12,20-21,25-26,32,34-38,59,78H,7-8,13-19,22-24H2,1H3,(H2,51,71)(H,56,60)(H,61,77)(H,62,70)(H,63,74)(H,64,72)(H,65,76)(H,66,73)(H,67,75)(H,68,79)(H4,52,53,57)(H4,54,55,58)/t26-,32+,34-,35+,36+,37+,38+/m1/s1. The zero-order valence-electron chi connectivity index (χ0n) is 44.1. The molecule has 0 spiro atoms. The molecular weight excluding hydrogens is 1090 g/mol. The minimum absolute atomic E-state index is 0.0486. The fourth-order valence-electron chi connectivity index (χ4n) is 8.44. The highest BCUT2D eigenvalue weighted by molar-refractivity contribution is 8.76. The zero-order chi connectivity index (χ0) is 58.6. The topological polar surface area (TPSA) is 478 Å². The maximum atomic E-state index is 14.7. The lowest BCUT2D eigenvalue weighted by atomic mass is 10.0. The number of aryl methyl sites for hydroxylation is 1. The molecule has 8 amide bonds. The molecule has 2 aromatic carbocycles. The van der Waals surface area contributed by atoms with Gasteiger partial charge in [-0.05, 0) is 49.8 Å². The van der Waals surface area contributed by atoms with Crippen molar-refractivity contribution in [3.05, 3.63) is 106 Å². The van der Waals surface area contributed by atoms with E-state index in [1.165, 1.54) is 19.4 Å². The second kappa shape index (κ2) is 29.8. The van der Waals surface area contributed by atoms with Crippen molar-refractivity contribution in [3.8, 4) is 5.88 Å². The van der Waals surface area contributed by atoms with Gasteiger partial charge in [0.2, 0.25) is 53.1 Å². The van der Waals surface area contributed by atoms with Crippen molar-refractivity contribution in [2.24, 2.45) is 38.7 Å². The normalized spacial score (nSPS) is 21.0. The summed E-state index contributed by atoms with van der Waals surface area (Å²) in [5.41, 5.74) is 29.4. The monoisotopic (exact) mass is 1160 g/mol. The van der Waals surface area contributed by atoms with E-state index in [0.717, 1.165) is 37.1 Å². The largest absolute Gasteiger partial charge is 0.493 e. The second-order valence-corrected chi connectivity index (χ2v) is 21.4. The van der Waals surface area contributed by atoms with Crippen molar-refractivity contribution in [2.45, 2.75) is 101 Å². The Labute approximate surface area is 471 Å². The van der Waals surface area contributed by atoms with Gasteiger partial charge in [0.15, 0.2) is 11.9 Å². The lowest BCUT2D eigenvalue weighted by Crippen LogP contribution is -2.60. The zero-order valence-corrected chi connectivity index (χ0v) is 45.7. The number of primary amides is 1. The summed E-state index contributed by atoms with van der Waals surface area (Å²) >= 11 is 0. The maximum Gasteiger partial charge on any atom is 0.329 e. The number of rotatable bonds is 18. The number of imidazole rings is 2. The highest BCUT2D eigenvalue weighted by Gasteiger charge is 2.35. The van der Waals surface area contributed by atoms with Gasteiger partial charge < -0.3 is 85.9 Å². The molecule has 434 valence electrons. The number of nitrogens with zero attached hydrogens (tertiary/aromatic N) is 4. The smallest absolute Gasteiger partial charge is 0.329 e. The van der Waals surface area contributed by atoms with E-state index in [-0.39, 0.29) is 80.7 Å². The number of carbonyl (C=O) groups is 8. The summed E-state index contributed by atoms with van der Waals surface area (Å²) in [6, 6.07) is 6.05. The van der Waals surface area contributed by atoms with Crippen LogP contribution in [-0.4, -0.2) is 156 Å². The molecule has 21 N–H and O–H groups in total. The van der Waals surface area contributed by atoms with Crippen LogP contribution in [0.25, 0.3) is 10.9 Å². The lowest BCUT2D eigenvalue weighted by molar-refractivity contribution is -0.135. The molecule has 7 atom stereocenters. The van der Waals surface area contributed by atoms with Crippen LogP contribution in [0.1, 0.15) is 48.7 Å². The number of aromatic hydroxyl groups is 1. The highest BCUT2D eigenvalue weighted by Crippen LogP contribution is 2.24. The van der Waals surface area contributed by atoms with E-state index in [9.17, 15) is 48.3 Å². The molecule has 31 heteroatoms. The summed E-state index contributed by atoms with van der Waals surface area (Å²) in [4.78, 5) is 147. The Morgan fingerprint density at radius 2 is 1.31 bits per heavy atom. The molecular formula is C50H67N19O10S2. The van der Waals surface area contributed by atoms with E-state index in [1.807, 2.05) is 18.2 Å². The van der Waals surface area contributed by atoms with Crippen LogP contribution in [0.15, 0.2) is 88.1 Å². The number of amides is 8. The Morgan fingerprint density at radius 1 is 0.704 bits per heavy atom. The van der Waals surface area contributed by atoms with Gasteiger partial charge in [-0.1, -0.05) is 70.1 Å². The first kappa shape index (κ1) is 61.2. The second-order valence-electron chi connectivity index (χ2n) is 18.8. The maximum absolute atomic E-state index is 14.7. The van der Waals surface area contributed by atoms with E-state index in [0.29, 0.717) is 23.2 Å². The van der Waals surface area contributed by atoms with E-state index < -0.39 is 108 Å². The molecule has 0 bridgehead atoms.